The van der Waals surface area contributed by atoms with Crippen LogP contribution in [0, 0.1) is 0 Å². The van der Waals surface area contributed by atoms with E-state index in [1.165, 1.54) is 4.90 Å². The summed E-state index contributed by atoms with van der Waals surface area (Å²) in [5.41, 5.74) is 7.45. The van der Waals surface area contributed by atoms with Gasteiger partial charge in [-0.2, -0.15) is 0 Å². The van der Waals surface area contributed by atoms with E-state index in [4.69, 9.17) is 5.73 Å². The normalized spacial score (nSPS) is 20.1. The van der Waals surface area contributed by atoms with Gasteiger partial charge in [-0.05, 0) is 18.1 Å². The van der Waals surface area contributed by atoms with E-state index >= 15 is 0 Å². The van der Waals surface area contributed by atoms with E-state index < -0.39 is 0 Å². The molecule has 0 saturated carbocycles. The van der Waals surface area contributed by atoms with Crippen LogP contribution in [0.15, 0.2) is 24.3 Å². The molecule has 90 valence electrons. The van der Waals surface area contributed by atoms with Gasteiger partial charge in [0.15, 0.2) is 0 Å². The summed E-state index contributed by atoms with van der Waals surface area (Å²) < 4.78 is 0. The molecule has 0 bridgehead atoms. The van der Waals surface area contributed by atoms with Gasteiger partial charge in [0.2, 0.25) is 11.8 Å². The predicted molar refractivity (Wildman–Crippen MR) is 64.1 cm³/mol. The maximum atomic E-state index is 12.0. The maximum absolute atomic E-state index is 12.0. The second-order valence-corrected chi connectivity index (χ2v) is 4.18. The molecule has 2 rings (SSSR count). The minimum Gasteiger partial charge on any atom is -0.326 e. The topological polar surface area (TPSA) is 63.4 Å². The van der Waals surface area contributed by atoms with E-state index in [1.807, 2.05) is 31.2 Å². The number of hydrogen-bond donors (Lipinski definition) is 1. The zero-order chi connectivity index (χ0) is 12.4. The Morgan fingerprint density at radius 2 is 2.18 bits per heavy atom. The van der Waals surface area contributed by atoms with E-state index in [2.05, 4.69) is 0 Å². The Bertz CT molecular complexity index is 456. The monoisotopic (exact) mass is 232 g/mol. The molecule has 0 aliphatic carbocycles. The largest absolute Gasteiger partial charge is 0.326 e. The van der Waals surface area contributed by atoms with Crippen molar-refractivity contribution in [2.75, 3.05) is 6.54 Å². The summed E-state index contributed by atoms with van der Waals surface area (Å²) in [5.74, 6) is -0.499. The quantitative estimate of drug-likeness (QED) is 0.791. The summed E-state index contributed by atoms with van der Waals surface area (Å²) >= 11 is 0. The first-order valence-corrected chi connectivity index (χ1v) is 5.80. The molecule has 2 N–H and O–H groups in total. The van der Waals surface area contributed by atoms with Gasteiger partial charge in [0.25, 0.3) is 0 Å². The number of rotatable bonds is 3. The van der Waals surface area contributed by atoms with Crippen molar-refractivity contribution in [3.05, 3.63) is 35.4 Å². The summed E-state index contributed by atoms with van der Waals surface area (Å²) in [6.45, 7) is 2.71. The molecule has 4 heteroatoms. The van der Waals surface area contributed by atoms with Crippen LogP contribution >= 0.6 is 0 Å². The maximum Gasteiger partial charge on any atom is 0.237 e. The number of imide groups is 1. The van der Waals surface area contributed by atoms with Crippen LogP contribution in [0.4, 0.5) is 0 Å². The van der Waals surface area contributed by atoms with E-state index in [9.17, 15) is 9.59 Å². The van der Waals surface area contributed by atoms with Crippen LogP contribution < -0.4 is 5.73 Å². The Morgan fingerprint density at radius 1 is 1.41 bits per heavy atom. The van der Waals surface area contributed by atoms with Gasteiger partial charge in [-0.1, -0.05) is 24.3 Å². The summed E-state index contributed by atoms with van der Waals surface area (Å²) in [7, 11) is 0. The minimum atomic E-state index is -0.325. The second-order valence-electron chi connectivity index (χ2n) is 4.18. The Kier molecular flexibility index (Phi) is 3.24. The summed E-state index contributed by atoms with van der Waals surface area (Å²) in [6.07, 6.45) is 0.278. The number of carbonyl (C=O) groups is 2. The van der Waals surface area contributed by atoms with Crippen LogP contribution in [0.3, 0.4) is 0 Å². The number of carbonyl (C=O) groups excluding carboxylic acids is 2. The van der Waals surface area contributed by atoms with Gasteiger partial charge in [0, 0.05) is 19.5 Å². The highest BCUT2D eigenvalue weighted by Crippen LogP contribution is 2.29. The van der Waals surface area contributed by atoms with Gasteiger partial charge in [0.1, 0.15) is 0 Å². The molecule has 1 atom stereocenters. The first kappa shape index (κ1) is 11.8. The number of likely N-dealkylation sites (tertiary alicyclic amines) is 1. The third-order valence-electron chi connectivity index (χ3n) is 3.15. The SMILES string of the molecule is CCN1C(=O)C[C@@H](c2cccc(CN)c2)C1=O. The summed E-state index contributed by atoms with van der Waals surface area (Å²) in [5, 5.41) is 0. The first-order chi connectivity index (χ1) is 8.17. The molecule has 0 unspecified atom stereocenters. The fourth-order valence-corrected chi connectivity index (χ4v) is 2.21. The number of amides is 2. The predicted octanol–water partition coefficient (Wildman–Crippen LogP) is 1.01. The molecule has 1 heterocycles. The standard InChI is InChI=1S/C13H16N2O2/c1-2-15-12(16)7-11(13(15)17)10-5-3-4-9(6-10)8-14/h3-6,11H,2,7-8,14H2,1H3/t11-/m0/s1. The van der Waals surface area contributed by atoms with E-state index in [1.54, 1.807) is 0 Å². The molecule has 1 aromatic rings. The molecule has 2 amide bonds. The van der Waals surface area contributed by atoms with Gasteiger partial charge in [-0.15, -0.1) is 0 Å². The van der Waals surface area contributed by atoms with Crippen LogP contribution in [0.5, 0.6) is 0 Å². The molecule has 1 aliphatic rings. The van der Waals surface area contributed by atoms with Crippen molar-refractivity contribution in [3.8, 4) is 0 Å². The number of nitrogens with zero attached hydrogens (tertiary/aromatic N) is 1. The molecule has 0 radical (unpaired) electrons. The van der Waals surface area contributed by atoms with Crippen molar-refractivity contribution in [1.29, 1.82) is 0 Å². The van der Waals surface area contributed by atoms with Crippen LogP contribution in [0.25, 0.3) is 0 Å². The lowest BCUT2D eigenvalue weighted by Crippen LogP contribution is -2.29. The molecule has 0 aromatic heterocycles. The van der Waals surface area contributed by atoms with Gasteiger partial charge >= 0.3 is 0 Å². The Labute approximate surface area is 100 Å². The highest BCUT2D eigenvalue weighted by Gasteiger charge is 2.38. The zero-order valence-corrected chi connectivity index (χ0v) is 9.85. The molecule has 1 saturated heterocycles. The lowest BCUT2D eigenvalue weighted by molar-refractivity contribution is -0.138. The smallest absolute Gasteiger partial charge is 0.237 e. The number of hydrogen-bond acceptors (Lipinski definition) is 3. The van der Waals surface area contributed by atoms with Crippen LogP contribution in [0.1, 0.15) is 30.4 Å². The van der Waals surface area contributed by atoms with Crippen molar-refractivity contribution < 1.29 is 9.59 Å². The summed E-state index contributed by atoms with van der Waals surface area (Å²) in [4.78, 5) is 25.0. The minimum absolute atomic E-state index is 0.0827. The molecule has 0 spiro atoms. The lowest BCUT2D eigenvalue weighted by atomic mass is 9.96. The van der Waals surface area contributed by atoms with E-state index in [0.717, 1.165) is 11.1 Å². The van der Waals surface area contributed by atoms with Gasteiger partial charge in [-0.3, -0.25) is 14.5 Å². The van der Waals surface area contributed by atoms with Gasteiger partial charge < -0.3 is 5.73 Å². The van der Waals surface area contributed by atoms with Crippen molar-refractivity contribution >= 4 is 11.8 Å². The van der Waals surface area contributed by atoms with Gasteiger partial charge in [-0.25, -0.2) is 0 Å². The number of benzene rings is 1. The van der Waals surface area contributed by atoms with E-state index in [0.29, 0.717) is 13.1 Å². The Balaban J connectivity index is 2.29. The number of likely N-dealkylation sites (N-methyl/N-ethyl adjacent to an activating group) is 1. The van der Waals surface area contributed by atoms with E-state index in [-0.39, 0.29) is 24.2 Å². The van der Waals surface area contributed by atoms with Crippen molar-refractivity contribution in [2.45, 2.75) is 25.8 Å². The van der Waals surface area contributed by atoms with Crippen LogP contribution in [0.2, 0.25) is 0 Å². The Morgan fingerprint density at radius 3 is 2.76 bits per heavy atom. The van der Waals surface area contributed by atoms with Crippen LogP contribution in [-0.2, 0) is 16.1 Å². The highest BCUT2D eigenvalue weighted by molar-refractivity contribution is 6.06. The first-order valence-electron chi connectivity index (χ1n) is 5.80. The molecule has 1 fully saturated rings. The zero-order valence-electron chi connectivity index (χ0n) is 9.85. The fourth-order valence-electron chi connectivity index (χ4n) is 2.21. The third-order valence-corrected chi connectivity index (χ3v) is 3.15. The fraction of sp³-hybridized carbons (Fsp3) is 0.385. The van der Waals surface area contributed by atoms with Crippen LogP contribution in [-0.4, -0.2) is 23.3 Å². The highest BCUT2D eigenvalue weighted by atomic mass is 16.2. The third kappa shape index (κ3) is 2.08. The van der Waals surface area contributed by atoms with Crippen molar-refractivity contribution in [3.63, 3.8) is 0 Å². The number of nitrogens with two attached hydrogens (primary N) is 1. The Hall–Kier alpha value is -1.68. The van der Waals surface area contributed by atoms with Gasteiger partial charge in [0.05, 0.1) is 5.92 Å². The molecular formula is C13H16N2O2. The molecular weight excluding hydrogens is 216 g/mol. The van der Waals surface area contributed by atoms with Crippen molar-refractivity contribution in [2.24, 2.45) is 5.73 Å². The average Bonchev–Trinajstić information content (AvgIpc) is 2.64. The lowest BCUT2D eigenvalue weighted by Gasteiger charge is -2.12. The molecule has 1 aromatic carbocycles. The van der Waals surface area contributed by atoms with Crippen molar-refractivity contribution in [1.82, 2.24) is 4.90 Å². The molecule has 1 aliphatic heterocycles. The summed E-state index contributed by atoms with van der Waals surface area (Å²) in [6, 6.07) is 7.59. The molecule has 17 heavy (non-hydrogen) atoms. The second kappa shape index (κ2) is 4.67. The molecule has 4 nitrogen and oxygen atoms in total. The average molecular weight is 232 g/mol.